The Balaban J connectivity index is 1.66. The average Bonchev–Trinajstić information content (AvgIpc) is 3.20. The van der Waals surface area contributed by atoms with E-state index in [0.717, 1.165) is 22.5 Å². The maximum absolute atomic E-state index is 4.69. The molecule has 0 aliphatic rings. The summed E-state index contributed by atoms with van der Waals surface area (Å²) in [5.41, 5.74) is 5.59. The molecule has 0 fully saturated rings. The third kappa shape index (κ3) is 3.32. The number of nitrogens with zero attached hydrogens (tertiary/aromatic N) is 2. The Morgan fingerprint density at radius 2 is 1.59 bits per heavy atom. The maximum atomic E-state index is 4.69. The normalized spacial score (nSPS) is 12.0. The molecule has 0 unspecified atom stereocenters. The van der Waals surface area contributed by atoms with Crippen molar-refractivity contribution in [2.45, 2.75) is 26.2 Å². The molecular weight excluding hydrogens is 372 g/mol. The van der Waals surface area contributed by atoms with E-state index in [-0.39, 0.29) is 5.41 Å². The molecule has 5 rings (SSSR count). The lowest BCUT2D eigenvalue weighted by Crippen LogP contribution is -2.12. The van der Waals surface area contributed by atoms with Gasteiger partial charge in [0.2, 0.25) is 0 Å². The molecule has 3 heteroatoms. The van der Waals surface area contributed by atoms with Gasteiger partial charge in [0.25, 0.3) is 0 Å². The molecule has 3 aromatic heterocycles. The van der Waals surface area contributed by atoms with Crippen LogP contribution in [-0.2, 0) is 5.41 Å². The molecule has 0 saturated heterocycles. The van der Waals surface area contributed by atoms with Crippen LogP contribution in [0.25, 0.3) is 43.4 Å². The fraction of sp³-hybridized carbons (Fsp3) is 0.154. The second-order valence-electron chi connectivity index (χ2n) is 8.45. The van der Waals surface area contributed by atoms with Gasteiger partial charge in [0.05, 0.1) is 16.1 Å². The molecule has 0 spiro atoms. The number of benzene rings is 2. The van der Waals surface area contributed by atoms with Gasteiger partial charge in [-0.2, -0.15) is 0 Å². The van der Waals surface area contributed by atoms with Gasteiger partial charge < -0.3 is 0 Å². The first-order valence-corrected chi connectivity index (χ1v) is 10.7. The highest BCUT2D eigenvalue weighted by Crippen LogP contribution is 2.35. The highest BCUT2D eigenvalue weighted by Gasteiger charge is 2.18. The van der Waals surface area contributed by atoms with Crippen LogP contribution in [0.1, 0.15) is 26.3 Å². The summed E-state index contributed by atoms with van der Waals surface area (Å²) in [4.78, 5) is 9.37. The van der Waals surface area contributed by atoms with Crippen LogP contribution < -0.4 is 0 Å². The van der Waals surface area contributed by atoms with E-state index in [1.54, 1.807) is 11.3 Å². The summed E-state index contributed by atoms with van der Waals surface area (Å²) in [6.07, 6.45) is 3.85. The molecular formula is C26H22N2S. The fourth-order valence-electron chi connectivity index (χ4n) is 3.85. The molecule has 3 heterocycles. The SMILES string of the molecule is CC(C)(C)c1cc(-c2cc(-c3cc4ccsc4cn3)ccn2)cc2ccccc12. The minimum absolute atomic E-state index is 0.0543. The summed E-state index contributed by atoms with van der Waals surface area (Å²) in [5.74, 6) is 0. The van der Waals surface area contributed by atoms with Crippen molar-refractivity contribution in [2.24, 2.45) is 0 Å². The lowest BCUT2D eigenvalue weighted by molar-refractivity contribution is 0.596. The van der Waals surface area contributed by atoms with E-state index >= 15 is 0 Å². The first kappa shape index (κ1) is 18.0. The van der Waals surface area contributed by atoms with Gasteiger partial charge in [-0.3, -0.25) is 9.97 Å². The summed E-state index contributed by atoms with van der Waals surface area (Å²) < 4.78 is 1.22. The highest BCUT2D eigenvalue weighted by atomic mass is 32.1. The Morgan fingerprint density at radius 1 is 0.759 bits per heavy atom. The summed E-state index contributed by atoms with van der Waals surface area (Å²) in [6.45, 7) is 6.80. The van der Waals surface area contributed by atoms with Crippen LogP contribution in [0.4, 0.5) is 0 Å². The quantitative estimate of drug-likeness (QED) is 0.310. The van der Waals surface area contributed by atoms with E-state index in [9.17, 15) is 0 Å². The predicted molar refractivity (Wildman–Crippen MR) is 124 cm³/mol. The van der Waals surface area contributed by atoms with Crippen molar-refractivity contribution >= 4 is 32.2 Å². The van der Waals surface area contributed by atoms with E-state index < -0.39 is 0 Å². The van der Waals surface area contributed by atoms with E-state index in [1.165, 1.54) is 26.4 Å². The van der Waals surface area contributed by atoms with Gasteiger partial charge in [-0.1, -0.05) is 45.0 Å². The molecule has 2 aromatic carbocycles. The smallest absolute Gasteiger partial charge is 0.0710 e. The Morgan fingerprint density at radius 3 is 2.45 bits per heavy atom. The molecule has 0 radical (unpaired) electrons. The average molecular weight is 395 g/mol. The standard InChI is InChI=1S/C26H22N2S/c1-26(2,3)22-13-20(12-17-6-4-5-7-21(17)22)24-14-18(8-10-27-24)23-15-19-9-11-29-25(19)16-28-23/h4-16H,1-3H3. The zero-order valence-electron chi connectivity index (χ0n) is 16.8. The van der Waals surface area contributed by atoms with Crippen LogP contribution in [-0.4, -0.2) is 9.97 Å². The van der Waals surface area contributed by atoms with Crippen molar-refractivity contribution in [2.75, 3.05) is 0 Å². The van der Waals surface area contributed by atoms with Gasteiger partial charge >= 0.3 is 0 Å². The van der Waals surface area contributed by atoms with E-state index in [4.69, 9.17) is 4.98 Å². The monoisotopic (exact) mass is 394 g/mol. The Kier molecular flexibility index (Phi) is 4.21. The van der Waals surface area contributed by atoms with Gasteiger partial charge in [0, 0.05) is 23.5 Å². The maximum Gasteiger partial charge on any atom is 0.0710 e. The number of hydrogen-bond acceptors (Lipinski definition) is 3. The van der Waals surface area contributed by atoms with Crippen LogP contribution >= 0.6 is 11.3 Å². The lowest BCUT2D eigenvalue weighted by Gasteiger charge is -2.22. The molecule has 0 aliphatic carbocycles. The first-order valence-electron chi connectivity index (χ1n) is 9.82. The molecule has 5 aromatic rings. The topological polar surface area (TPSA) is 25.8 Å². The zero-order valence-corrected chi connectivity index (χ0v) is 17.6. The number of thiophene rings is 1. The number of aromatic nitrogens is 2. The van der Waals surface area contributed by atoms with Crippen molar-refractivity contribution < 1.29 is 0 Å². The Bertz CT molecular complexity index is 1340. The van der Waals surface area contributed by atoms with E-state index in [1.807, 2.05) is 18.5 Å². The lowest BCUT2D eigenvalue weighted by atomic mass is 9.82. The third-order valence-electron chi connectivity index (χ3n) is 5.36. The van der Waals surface area contributed by atoms with Crippen LogP contribution in [0.15, 0.2) is 78.4 Å². The van der Waals surface area contributed by atoms with Crippen LogP contribution in [0.2, 0.25) is 0 Å². The van der Waals surface area contributed by atoms with Crippen LogP contribution in [0.5, 0.6) is 0 Å². The summed E-state index contributed by atoms with van der Waals surface area (Å²) >= 11 is 1.72. The van der Waals surface area contributed by atoms with Gasteiger partial charge in [0.1, 0.15) is 0 Å². The van der Waals surface area contributed by atoms with Crippen molar-refractivity contribution in [1.82, 2.24) is 9.97 Å². The van der Waals surface area contributed by atoms with Crippen LogP contribution in [0, 0.1) is 0 Å². The molecule has 0 aliphatic heterocycles. The van der Waals surface area contributed by atoms with E-state index in [0.29, 0.717) is 0 Å². The van der Waals surface area contributed by atoms with Crippen LogP contribution in [0.3, 0.4) is 0 Å². The number of fused-ring (bicyclic) bond motifs is 2. The van der Waals surface area contributed by atoms with Gasteiger partial charge in [-0.15, -0.1) is 11.3 Å². The second kappa shape index (κ2) is 6.78. The molecule has 2 nitrogen and oxygen atoms in total. The minimum atomic E-state index is 0.0543. The third-order valence-corrected chi connectivity index (χ3v) is 6.23. The van der Waals surface area contributed by atoms with Crippen molar-refractivity contribution in [3.8, 4) is 22.5 Å². The number of pyridine rings is 2. The van der Waals surface area contributed by atoms with Gasteiger partial charge in [-0.25, -0.2) is 0 Å². The predicted octanol–water partition coefficient (Wildman–Crippen LogP) is 7.48. The number of rotatable bonds is 2. The summed E-state index contributed by atoms with van der Waals surface area (Å²) in [5, 5.41) is 5.90. The molecule has 29 heavy (non-hydrogen) atoms. The van der Waals surface area contributed by atoms with Gasteiger partial charge in [-0.05, 0) is 68.9 Å². The molecule has 0 amide bonds. The molecule has 0 bridgehead atoms. The zero-order chi connectivity index (χ0) is 20.0. The molecule has 0 N–H and O–H groups in total. The van der Waals surface area contributed by atoms with Gasteiger partial charge in [0.15, 0.2) is 0 Å². The fourth-order valence-corrected chi connectivity index (χ4v) is 4.59. The highest BCUT2D eigenvalue weighted by molar-refractivity contribution is 7.17. The largest absolute Gasteiger partial charge is 0.256 e. The van der Waals surface area contributed by atoms with Crippen molar-refractivity contribution in [3.05, 3.63) is 84.0 Å². The molecule has 0 atom stereocenters. The molecule has 0 saturated carbocycles. The number of hydrogen-bond donors (Lipinski definition) is 0. The Hall–Kier alpha value is -3.04. The minimum Gasteiger partial charge on any atom is -0.256 e. The summed E-state index contributed by atoms with van der Waals surface area (Å²) in [7, 11) is 0. The van der Waals surface area contributed by atoms with E-state index in [2.05, 4.69) is 85.7 Å². The summed E-state index contributed by atoms with van der Waals surface area (Å²) in [6, 6.07) is 21.6. The first-order chi connectivity index (χ1) is 14.0. The second-order valence-corrected chi connectivity index (χ2v) is 9.40. The van der Waals surface area contributed by atoms with Crippen molar-refractivity contribution in [1.29, 1.82) is 0 Å². The molecule has 142 valence electrons. The van der Waals surface area contributed by atoms with Crippen molar-refractivity contribution in [3.63, 3.8) is 0 Å². The Labute approximate surface area is 174 Å².